The maximum atomic E-state index is 12.3. The SMILES string of the molecule is Cc1nc(C2(NCc3cccc(OCC(F)(F)F)c3)CCCCC2)no1. The van der Waals surface area contributed by atoms with E-state index in [0.717, 1.165) is 31.2 Å². The lowest BCUT2D eigenvalue weighted by molar-refractivity contribution is -0.153. The Bertz CT molecular complexity index is 724. The normalized spacial score (nSPS) is 17.2. The van der Waals surface area contributed by atoms with E-state index in [9.17, 15) is 13.2 Å². The molecule has 1 aliphatic rings. The van der Waals surface area contributed by atoms with E-state index in [2.05, 4.69) is 15.5 Å². The molecule has 0 radical (unpaired) electrons. The van der Waals surface area contributed by atoms with Crippen molar-refractivity contribution in [3.63, 3.8) is 0 Å². The van der Waals surface area contributed by atoms with Gasteiger partial charge in [-0.3, -0.25) is 0 Å². The lowest BCUT2D eigenvalue weighted by Gasteiger charge is -2.35. The molecule has 1 saturated carbocycles. The van der Waals surface area contributed by atoms with E-state index < -0.39 is 12.8 Å². The van der Waals surface area contributed by atoms with Crippen LogP contribution in [0.3, 0.4) is 0 Å². The van der Waals surface area contributed by atoms with Crippen molar-refractivity contribution in [2.45, 2.75) is 57.3 Å². The smallest absolute Gasteiger partial charge is 0.422 e. The largest absolute Gasteiger partial charge is 0.484 e. The van der Waals surface area contributed by atoms with Crippen LogP contribution in [0.4, 0.5) is 13.2 Å². The van der Waals surface area contributed by atoms with Gasteiger partial charge in [-0.2, -0.15) is 18.2 Å². The Labute approximate surface area is 149 Å². The maximum absolute atomic E-state index is 12.3. The molecule has 1 aromatic carbocycles. The molecule has 1 fully saturated rings. The van der Waals surface area contributed by atoms with Crippen LogP contribution < -0.4 is 10.1 Å². The Morgan fingerprint density at radius 2 is 2.00 bits per heavy atom. The number of aryl methyl sites for hydroxylation is 1. The summed E-state index contributed by atoms with van der Waals surface area (Å²) in [5, 5.41) is 7.62. The highest BCUT2D eigenvalue weighted by molar-refractivity contribution is 5.28. The van der Waals surface area contributed by atoms with Crippen LogP contribution in [-0.4, -0.2) is 22.9 Å². The molecule has 0 saturated heterocycles. The zero-order chi connectivity index (χ0) is 18.6. The van der Waals surface area contributed by atoms with Gasteiger partial charge in [-0.05, 0) is 30.5 Å². The summed E-state index contributed by atoms with van der Waals surface area (Å²) in [6.07, 6.45) is 0.745. The Balaban J connectivity index is 1.69. The third kappa shape index (κ3) is 4.75. The second kappa shape index (κ2) is 7.65. The summed E-state index contributed by atoms with van der Waals surface area (Å²) >= 11 is 0. The van der Waals surface area contributed by atoms with Gasteiger partial charge >= 0.3 is 6.18 Å². The van der Waals surface area contributed by atoms with Crippen molar-refractivity contribution in [2.24, 2.45) is 0 Å². The maximum Gasteiger partial charge on any atom is 0.422 e. The first-order valence-electron chi connectivity index (χ1n) is 8.71. The van der Waals surface area contributed by atoms with Crippen molar-refractivity contribution in [1.82, 2.24) is 15.5 Å². The van der Waals surface area contributed by atoms with Gasteiger partial charge in [0.1, 0.15) is 5.75 Å². The Morgan fingerprint density at radius 1 is 1.23 bits per heavy atom. The zero-order valence-electron chi connectivity index (χ0n) is 14.6. The lowest BCUT2D eigenvalue weighted by atomic mass is 9.81. The van der Waals surface area contributed by atoms with Crippen LogP contribution in [0.15, 0.2) is 28.8 Å². The highest BCUT2D eigenvalue weighted by atomic mass is 19.4. The summed E-state index contributed by atoms with van der Waals surface area (Å²) in [7, 11) is 0. The van der Waals surface area contributed by atoms with Crippen LogP contribution in [0.25, 0.3) is 0 Å². The number of rotatable bonds is 6. The summed E-state index contributed by atoms with van der Waals surface area (Å²) in [6.45, 7) is 0.946. The van der Waals surface area contributed by atoms with E-state index >= 15 is 0 Å². The summed E-state index contributed by atoms with van der Waals surface area (Å²) in [6, 6.07) is 6.69. The molecule has 1 aromatic heterocycles. The molecule has 1 aliphatic carbocycles. The van der Waals surface area contributed by atoms with Crippen molar-refractivity contribution in [3.8, 4) is 5.75 Å². The van der Waals surface area contributed by atoms with Gasteiger partial charge in [-0.15, -0.1) is 0 Å². The van der Waals surface area contributed by atoms with Crippen molar-refractivity contribution < 1.29 is 22.4 Å². The molecule has 2 aromatic rings. The number of hydrogen-bond acceptors (Lipinski definition) is 5. The van der Waals surface area contributed by atoms with Gasteiger partial charge in [0.05, 0.1) is 5.54 Å². The van der Waals surface area contributed by atoms with Gasteiger partial charge in [0.25, 0.3) is 0 Å². The number of hydrogen-bond donors (Lipinski definition) is 1. The van der Waals surface area contributed by atoms with E-state index in [0.29, 0.717) is 18.3 Å². The number of ether oxygens (including phenoxy) is 1. The molecule has 0 atom stereocenters. The van der Waals surface area contributed by atoms with Gasteiger partial charge in [0.2, 0.25) is 5.89 Å². The second-order valence-corrected chi connectivity index (χ2v) is 6.68. The average molecular weight is 369 g/mol. The standard InChI is InChI=1S/C18H22F3N3O2/c1-13-23-16(24-26-13)17(8-3-2-4-9-17)22-11-14-6-5-7-15(10-14)25-12-18(19,20)21/h5-7,10,22H,2-4,8-9,11-12H2,1H3. The van der Waals surface area contributed by atoms with Crippen LogP contribution in [0.2, 0.25) is 0 Å². The Morgan fingerprint density at radius 3 is 2.65 bits per heavy atom. The first-order chi connectivity index (χ1) is 12.4. The third-order valence-corrected chi connectivity index (χ3v) is 4.59. The number of benzene rings is 1. The monoisotopic (exact) mass is 369 g/mol. The van der Waals surface area contributed by atoms with E-state index in [1.807, 2.05) is 6.07 Å². The number of nitrogens with zero attached hydrogens (tertiary/aromatic N) is 2. The van der Waals surface area contributed by atoms with Crippen LogP contribution in [0.1, 0.15) is 49.4 Å². The Kier molecular flexibility index (Phi) is 5.50. The fraction of sp³-hybridized carbons (Fsp3) is 0.556. The predicted octanol–water partition coefficient (Wildman–Crippen LogP) is 4.27. The van der Waals surface area contributed by atoms with Gasteiger partial charge in [-0.1, -0.05) is 36.6 Å². The number of alkyl halides is 3. The summed E-state index contributed by atoms with van der Waals surface area (Å²) < 4.78 is 46.9. The third-order valence-electron chi connectivity index (χ3n) is 4.59. The van der Waals surface area contributed by atoms with Gasteiger partial charge < -0.3 is 14.6 Å². The highest BCUT2D eigenvalue weighted by Crippen LogP contribution is 2.36. The van der Waals surface area contributed by atoms with Gasteiger partial charge in [-0.25, -0.2) is 0 Å². The van der Waals surface area contributed by atoms with Crippen LogP contribution >= 0.6 is 0 Å². The van der Waals surface area contributed by atoms with E-state index in [-0.39, 0.29) is 11.3 Å². The molecule has 1 heterocycles. The van der Waals surface area contributed by atoms with Crippen molar-refractivity contribution in [2.75, 3.05) is 6.61 Å². The molecular formula is C18H22F3N3O2. The van der Waals surface area contributed by atoms with E-state index in [1.165, 1.54) is 12.5 Å². The van der Waals surface area contributed by atoms with E-state index in [4.69, 9.17) is 9.26 Å². The lowest BCUT2D eigenvalue weighted by Crippen LogP contribution is -2.44. The highest BCUT2D eigenvalue weighted by Gasteiger charge is 2.37. The minimum atomic E-state index is -4.35. The van der Waals surface area contributed by atoms with Crippen molar-refractivity contribution >= 4 is 0 Å². The predicted molar refractivity (Wildman–Crippen MR) is 88.6 cm³/mol. The van der Waals surface area contributed by atoms with Crippen LogP contribution in [0.5, 0.6) is 5.75 Å². The molecule has 0 spiro atoms. The van der Waals surface area contributed by atoms with Crippen molar-refractivity contribution in [3.05, 3.63) is 41.5 Å². The molecule has 0 unspecified atom stereocenters. The first-order valence-corrected chi connectivity index (χ1v) is 8.71. The first kappa shape index (κ1) is 18.7. The molecule has 0 aliphatic heterocycles. The van der Waals surface area contributed by atoms with Crippen LogP contribution in [-0.2, 0) is 12.1 Å². The fourth-order valence-corrected chi connectivity index (χ4v) is 3.31. The van der Waals surface area contributed by atoms with Crippen molar-refractivity contribution in [1.29, 1.82) is 0 Å². The average Bonchev–Trinajstić information content (AvgIpc) is 3.06. The number of nitrogens with one attached hydrogen (secondary N) is 1. The summed E-state index contributed by atoms with van der Waals surface area (Å²) in [5.74, 6) is 1.38. The molecule has 142 valence electrons. The second-order valence-electron chi connectivity index (χ2n) is 6.68. The fourth-order valence-electron chi connectivity index (χ4n) is 3.31. The minimum Gasteiger partial charge on any atom is -0.484 e. The van der Waals surface area contributed by atoms with E-state index in [1.54, 1.807) is 19.1 Å². The van der Waals surface area contributed by atoms with Crippen LogP contribution in [0, 0.1) is 6.92 Å². The molecule has 0 bridgehead atoms. The Hall–Kier alpha value is -2.09. The quantitative estimate of drug-likeness (QED) is 0.824. The summed E-state index contributed by atoms with van der Waals surface area (Å²) in [4.78, 5) is 4.40. The summed E-state index contributed by atoms with van der Waals surface area (Å²) in [5.41, 5.74) is 0.480. The minimum absolute atomic E-state index is 0.203. The van der Waals surface area contributed by atoms with Gasteiger partial charge in [0, 0.05) is 13.5 Å². The molecule has 1 N–H and O–H groups in total. The molecular weight excluding hydrogens is 347 g/mol. The number of aromatic nitrogens is 2. The molecule has 5 nitrogen and oxygen atoms in total. The molecule has 0 amide bonds. The number of halogens is 3. The molecule has 3 rings (SSSR count). The topological polar surface area (TPSA) is 60.2 Å². The zero-order valence-corrected chi connectivity index (χ0v) is 14.6. The molecule has 26 heavy (non-hydrogen) atoms. The molecule has 8 heteroatoms. The van der Waals surface area contributed by atoms with Gasteiger partial charge in [0.15, 0.2) is 12.4 Å².